The molecule has 0 saturated carbocycles. The first-order chi connectivity index (χ1) is 6.57. The number of nitrogens with zero attached hydrogens (tertiary/aromatic N) is 3. The van der Waals surface area contributed by atoms with Crippen molar-refractivity contribution in [1.82, 2.24) is 0 Å². The van der Waals surface area contributed by atoms with Crippen molar-refractivity contribution in [3.8, 4) is 0 Å². The molecule has 78 valence electrons. The van der Waals surface area contributed by atoms with E-state index in [1.807, 2.05) is 0 Å². The van der Waals surface area contributed by atoms with Crippen molar-refractivity contribution in [2.45, 2.75) is 24.4 Å². The van der Waals surface area contributed by atoms with Crippen LogP contribution >= 0.6 is 0 Å². The molecule has 3 N–H and O–H groups in total. The third-order valence-electron chi connectivity index (χ3n) is 1.87. The number of ether oxygens (including phenoxy) is 1. The van der Waals surface area contributed by atoms with Crippen LogP contribution in [0.2, 0.25) is 0 Å². The van der Waals surface area contributed by atoms with Crippen LogP contribution in [0.1, 0.15) is 0 Å². The first kappa shape index (κ1) is 10.7. The lowest BCUT2D eigenvalue weighted by Gasteiger charge is -2.17. The predicted octanol–water partition coefficient (Wildman–Crippen LogP) is -1.70. The summed E-state index contributed by atoms with van der Waals surface area (Å²) in [6, 6.07) is 0. The Labute approximate surface area is 78.3 Å². The Morgan fingerprint density at radius 1 is 1.64 bits per heavy atom. The van der Waals surface area contributed by atoms with Crippen molar-refractivity contribution in [2.24, 2.45) is 5.11 Å². The number of carbonyl (C=O) groups excluding carboxylic acids is 1. The molecular weight excluding hydrogens is 194 g/mol. The minimum atomic E-state index is -1.65. The van der Waals surface area contributed by atoms with Gasteiger partial charge in [0, 0.05) is 4.91 Å². The molecule has 1 unspecified atom stereocenters. The Balaban J connectivity index is 2.61. The fourth-order valence-corrected chi connectivity index (χ4v) is 1.12. The number of cyclic esters (lactones) is 1. The summed E-state index contributed by atoms with van der Waals surface area (Å²) in [5.41, 5.74) is 7.96. The average molecular weight is 203 g/mol. The second-order valence-corrected chi connectivity index (χ2v) is 2.82. The van der Waals surface area contributed by atoms with Crippen molar-refractivity contribution in [1.29, 1.82) is 0 Å². The van der Waals surface area contributed by atoms with E-state index < -0.39 is 30.4 Å². The van der Waals surface area contributed by atoms with Gasteiger partial charge in [-0.3, -0.25) is 0 Å². The molecule has 1 saturated heterocycles. The van der Waals surface area contributed by atoms with E-state index in [1.165, 1.54) is 0 Å². The van der Waals surface area contributed by atoms with E-state index in [1.54, 1.807) is 0 Å². The van der Waals surface area contributed by atoms with E-state index in [0.717, 1.165) is 0 Å². The number of carbonyl (C=O) groups is 1. The van der Waals surface area contributed by atoms with Gasteiger partial charge in [0.1, 0.15) is 6.10 Å². The molecule has 8 heteroatoms. The molecule has 0 amide bonds. The molecule has 1 fully saturated rings. The quantitative estimate of drug-likeness (QED) is 0.217. The van der Waals surface area contributed by atoms with Crippen LogP contribution in [-0.4, -0.2) is 52.2 Å². The van der Waals surface area contributed by atoms with Gasteiger partial charge in [-0.05, 0) is 5.53 Å². The monoisotopic (exact) mass is 203 g/mol. The summed E-state index contributed by atoms with van der Waals surface area (Å²) in [6.07, 6.45) is -5.71. The fraction of sp³-hybridized carbons (Fsp3) is 0.833. The topological polar surface area (TPSA) is 136 Å². The van der Waals surface area contributed by atoms with Gasteiger partial charge in [0.05, 0.1) is 12.6 Å². The summed E-state index contributed by atoms with van der Waals surface area (Å²) in [5.74, 6) is -0.998. The number of hydrogen-bond donors (Lipinski definition) is 3. The van der Waals surface area contributed by atoms with Crippen LogP contribution in [0.25, 0.3) is 10.4 Å². The highest BCUT2D eigenvalue weighted by Gasteiger charge is 2.45. The van der Waals surface area contributed by atoms with E-state index in [0.29, 0.717) is 0 Å². The molecule has 0 aromatic carbocycles. The third-order valence-corrected chi connectivity index (χ3v) is 1.87. The normalized spacial score (nSPS) is 33.4. The van der Waals surface area contributed by atoms with Crippen LogP contribution in [-0.2, 0) is 9.53 Å². The van der Waals surface area contributed by atoms with Gasteiger partial charge in [0.25, 0.3) is 0 Å². The van der Waals surface area contributed by atoms with Crippen LogP contribution in [0.5, 0.6) is 0 Å². The third kappa shape index (κ3) is 1.94. The summed E-state index contributed by atoms with van der Waals surface area (Å²) >= 11 is 0. The highest BCUT2D eigenvalue weighted by Crippen LogP contribution is 2.19. The fourth-order valence-electron chi connectivity index (χ4n) is 1.12. The van der Waals surface area contributed by atoms with Gasteiger partial charge in [-0.15, -0.1) is 0 Å². The number of hydrogen-bond acceptors (Lipinski definition) is 6. The van der Waals surface area contributed by atoms with Crippen LogP contribution in [0.4, 0.5) is 0 Å². The largest absolute Gasteiger partial charge is 0.455 e. The Kier molecular flexibility index (Phi) is 3.26. The smallest absolute Gasteiger partial charge is 0.338 e. The molecule has 0 bridgehead atoms. The maximum Gasteiger partial charge on any atom is 0.338 e. The Morgan fingerprint density at radius 2 is 2.29 bits per heavy atom. The van der Waals surface area contributed by atoms with Crippen molar-refractivity contribution >= 4 is 5.97 Å². The summed E-state index contributed by atoms with van der Waals surface area (Å²) in [7, 11) is 0. The Hall–Kier alpha value is -1.34. The zero-order chi connectivity index (χ0) is 10.7. The molecule has 0 spiro atoms. The predicted molar refractivity (Wildman–Crippen MR) is 41.9 cm³/mol. The van der Waals surface area contributed by atoms with Gasteiger partial charge in [0.15, 0.2) is 12.2 Å². The second kappa shape index (κ2) is 4.25. The van der Waals surface area contributed by atoms with Gasteiger partial charge < -0.3 is 20.1 Å². The van der Waals surface area contributed by atoms with E-state index in [-0.39, 0.29) is 6.54 Å². The van der Waals surface area contributed by atoms with Crippen LogP contribution in [0.15, 0.2) is 5.11 Å². The standard InChI is InChI=1S/C6H9N3O5/c7-9-8-1-2(10)5-3(11)4(12)6(13)14-5/h2-5,10-12H,1H2/t2?,3-,4-,5-/m1/s1. The lowest BCUT2D eigenvalue weighted by Crippen LogP contribution is -2.40. The van der Waals surface area contributed by atoms with Crippen LogP contribution in [0, 0.1) is 0 Å². The van der Waals surface area contributed by atoms with E-state index in [4.69, 9.17) is 10.6 Å². The minimum Gasteiger partial charge on any atom is -0.455 e. The zero-order valence-electron chi connectivity index (χ0n) is 7.02. The molecule has 0 aromatic rings. The molecule has 0 aliphatic carbocycles. The first-order valence-corrected chi connectivity index (χ1v) is 3.83. The van der Waals surface area contributed by atoms with Crippen molar-refractivity contribution in [3.05, 3.63) is 10.4 Å². The molecule has 14 heavy (non-hydrogen) atoms. The van der Waals surface area contributed by atoms with Gasteiger partial charge in [-0.25, -0.2) is 4.79 Å². The number of esters is 1. The molecule has 0 radical (unpaired) electrons. The molecule has 1 rings (SSSR count). The number of aliphatic hydroxyl groups is 3. The molecular formula is C6H9N3O5. The highest BCUT2D eigenvalue weighted by molar-refractivity contribution is 5.77. The number of aliphatic hydroxyl groups excluding tert-OH is 3. The maximum absolute atomic E-state index is 10.7. The van der Waals surface area contributed by atoms with Gasteiger partial charge in [-0.1, -0.05) is 5.11 Å². The zero-order valence-corrected chi connectivity index (χ0v) is 7.02. The Morgan fingerprint density at radius 3 is 2.71 bits per heavy atom. The minimum absolute atomic E-state index is 0.335. The van der Waals surface area contributed by atoms with E-state index >= 15 is 0 Å². The molecule has 0 aromatic heterocycles. The van der Waals surface area contributed by atoms with E-state index in [2.05, 4.69) is 14.8 Å². The number of rotatable bonds is 3. The Bertz CT molecular complexity index is 277. The van der Waals surface area contributed by atoms with Crippen LogP contribution < -0.4 is 0 Å². The summed E-state index contributed by atoms with van der Waals surface area (Å²) in [4.78, 5) is 13.1. The molecule has 1 aliphatic heterocycles. The van der Waals surface area contributed by atoms with Crippen molar-refractivity contribution in [2.75, 3.05) is 6.54 Å². The van der Waals surface area contributed by atoms with Gasteiger partial charge in [0.2, 0.25) is 0 Å². The maximum atomic E-state index is 10.7. The second-order valence-electron chi connectivity index (χ2n) is 2.82. The molecule has 1 aliphatic rings. The van der Waals surface area contributed by atoms with Crippen molar-refractivity contribution in [3.63, 3.8) is 0 Å². The van der Waals surface area contributed by atoms with Crippen molar-refractivity contribution < 1.29 is 24.9 Å². The molecule has 1 heterocycles. The summed E-state index contributed by atoms with van der Waals surface area (Å²) in [5, 5.41) is 30.5. The lowest BCUT2D eigenvalue weighted by atomic mass is 10.1. The van der Waals surface area contributed by atoms with E-state index in [9.17, 15) is 15.0 Å². The van der Waals surface area contributed by atoms with Crippen LogP contribution in [0.3, 0.4) is 0 Å². The summed E-state index contributed by atoms with van der Waals surface area (Å²) < 4.78 is 4.47. The van der Waals surface area contributed by atoms with Gasteiger partial charge in [-0.2, -0.15) is 0 Å². The molecule has 4 atom stereocenters. The first-order valence-electron chi connectivity index (χ1n) is 3.83. The molecule has 8 nitrogen and oxygen atoms in total. The highest BCUT2D eigenvalue weighted by atomic mass is 16.6. The number of azide groups is 1. The van der Waals surface area contributed by atoms with Gasteiger partial charge >= 0.3 is 5.97 Å². The lowest BCUT2D eigenvalue weighted by molar-refractivity contribution is -0.150. The SMILES string of the molecule is [N-]=[N+]=NCC(O)[C@H]1OC(=O)[C@H](O)[C@H]1O. The average Bonchev–Trinajstić information content (AvgIpc) is 2.42. The summed E-state index contributed by atoms with van der Waals surface area (Å²) in [6.45, 7) is -0.335.